The van der Waals surface area contributed by atoms with Crippen LogP contribution in [0.2, 0.25) is 10.0 Å². The third-order valence-electron chi connectivity index (χ3n) is 4.49. The van der Waals surface area contributed by atoms with Gasteiger partial charge in [-0.15, -0.1) is 11.8 Å². The number of thioether (sulfide) groups is 1. The van der Waals surface area contributed by atoms with Crippen molar-refractivity contribution >= 4 is 64.1 Å². The van der Waals surface area contributed by atoms with Crippen LogP contribution in [0.4, 0.5) is 0 Å². The number of carbonyl (C=O) groups is 1. The van der Waals surface area contributed by atoms with Crippen molar-refractivity contribution < 1.29 is 9.53 Å². The van der Waals surface area contributed by atoms with E-state index in [9.17, 15) is 4.79 Å². The first-order chi connectivity index (χ1) is 16.1. The van der Waals surface area contributed by atoms with Crippen LogP contribution in [0.15, 0.2) is 72.3 Å². The predicted molar refractivity (Wildman–Crippen MR) is 134 cm³/mol. The number of fused-ring (bicyclic) bond motifs is 1. The molecule has 2 aromatic carbocycles. The maximum atomic E-state index is 12.1. The monoisotopic (exact) mass is 496 g/mol. The van der Waals surface area contributed by atoms with Crippen LogP contribution in [0, 0.1) is 0 Å². The van der Waals surface area contributed by atoms with E-state index < -0.39 is 0 Å². The number of ketones is 1. The summed E-state index contributed by atoms with van der Waals surface area (Å²) in [5.74, 6) is 1.34. The first-order valence-electron chi connectivity index (χ1n) is 9.93. The Morgan fingerprint density at radius 1 is 1.03 bits per heavy atom. The fraction of sp³-hybridized carbons (Fsp3) is 0.0833. The molecule has 1 N–H and O–H groups in total. The molecule has 0 saturated heterocycles. The SMILES string of the molecule is O=C(/C=C/c1ccc(OCCSc2ncnc3nc[nH]c23)cc1)/C=C/c1ccc(Cl)cc1Cl. The van der Waals surface area contributed by atoms with Crippen LogP contribution in [0.3, 0.4) is 0 Å². The minimum atomic E-state index is -0.144. The Morgan fingerprint density at radius 2 is 1.85 bits per heavy atom. The highest BCUT2D eigenvalue weighted by Gasteiger charge is 2.06. The lowest BCUT2D eigenvalue weighted by Crippen LogP contribution is -2.00. The number of imidazole rings is 1. The highest BCUT2D eigenvalue weighted by molar-refractivity contribution is 7.99. The lowest BCUT2D eigenvalue weighted by molar-refractivity contribution is -0.110. The summed E-state index contributed by atoms with van der Waals surface area (Å²) in [6, 6.07) is 12.7. The second-order valence-corrected chi connectivity index (χ2v) is 8.71. The van der Waals surface area contributed by atoms with Gasteiger partial charge in [0.05, 0.1) is 12.9 Å². The molecular formula is C24H18Cl2N4O2S. The van der Waals surface area contributed by atoms with Gasteiger partial charge in [0.2, 0.25) is 0 Å². The average molecular weight is 497 g/mol. The van der Waals surface area contributed by atoms with Crippen molar-refractivity contribution in [3.05, 3.63) is 88.4 Å². The topological polar surface area (TPSA) is 80.8 Å². The molecule has 0 amide bonds. The van der Waals surface area contributed by atoms with Crippen LogP contribution < -0.4 is 4.74 Å². The number of aromatic amines is 1. The molecule has 0 spiro atoms. The first kappa shape index (κ1) is 23.0. The van der Waals surface area contributed by atoms with Gasteiger partial charge in [0.15, 0.2) is 11.4 Å². The molecule has 0 aliphatic rings. The van der Waals surface area contributed by atoms with Gasteiger partial charge in [-0.25, -0.2) is 15.0 Å². The van der Waals surface area contributed by atoms with Gasteiger partial charge in [0.25, 0.3) is 0 Å². The second-order valence-electron chi connectivity index (χ2n) is 6.78. The van der Waals surface area contributed by atoms with Crippen molar-refractivity contribution in [3.8, 4) is 5.75 Å². The molecule has 6 nitrogen and oxygen atoms in total. The zero-order valence-corrected chi connectivity index (χ0v) is 19.6. The molecule has 2 aromatic heterocycles. The van der Waals surface area contributed by atoms with E-state index in [4.69, 9.17) is 27.9 Å². The summed E-state index contributed by atoms with van der Waals surface area (Å²) in [7, 11) is 0. The fourth-order valence-electron chi connectivity index (χ4n) is 2.87. The fourth-order valence-corrected chi connectivity index (χ4v) is 4.12. The van der Waals surface area contributed by atoms with E-state index in [1.54, 1.807) is 48.4 Å². The first-order valence-corrected chi connectivity index (χ1v) is 11.7. The van der Waals surface area contributed by atoms with Gasteiger partial charge in [-0.2, -0.15) is 0 Å². The van der Waals surface area contributed by atoms with Crippen LogP contribution in [0.5, 0.6) is 5.75 Å². The van der Waals surface area contributed by atoms with Gasteiger partial charge in [0.1, 0.15) is 22.6 Å². The Bertz CT molecular complexity index is 1320. The zero-order valence-electron chi connectivity index (χ0n) is 17.2. The molecule has 33 heavy (non-hydrogen) atoms. The summed E-state index contributed by atoms with van der Waals surface area (Å²) in [5, 5.41) is 1.89. The summed E-state index contributed by atoms with van der Waals surface area (Å²) < 4.78 is 5.79. The van der Waals surface area contributed by atoms with Crippen molar-refractivity contribution in [1.29, 1.82) is 0 Å². The number of H-pyrrole nitrogens is 1. The standard InChI is InChI=1S/C24H18Cl2N4O2S/c25-18-6-4-17(21(26)13-18)5-8-19(31)7-1-16-2-9-20(10-3-16)32-11-12-33-24-22-23(28-14-27-22)29-15-30-24/h1-10,13-15H,11-12H2,(H,27,28,29,30)/b7-1+,8-5+. The summed E-state index contributed by atoms with van der Waals surface area (Å²) in [6.45, 7) is 0.524. The van der Waals surface area contributed by atoms with Crippen LogP contribution in [0.1, 0.15) is 11.1 Å². The van der Waals surface area contributed by atoms with Gasteiger partial charge < -0.3 is 9.72 Å². The Hall–Kier alpha value is -3.13. The molecule has 166 valence electrons. The molecule has 9 heteroatoms. The summed E-state index contributed by atoms with van der Waals surface area (Å²) in [5.41, 5.74) is 3.11. The van der Waals surface area contributed by atoms with Crippen LogP contribution in [0.25, 0.3) is 23.3 Å². The van der Waals surface area contributed by atoms with Crippen LogP contribution >= 0.6 is 35.0 Å². The number of ether oxygens (including phenoxy) is 1. The molecule has 4 aromatic rings. The smallest absolute Gasteiger partial charge is 0.181 e. The molecule has 0 unspecified atom stereocenters. The van der Waals surface area contributed by atoms with Crippen LogP contribution in [-0.2, 0) is 4.79 Å². The molecule has 0 radical (unpaired) electrons. The van der Waals surface area contributed by atoms with Crippen molar-refractivity contribution in [3.63, 3.8) is 0 Å². The minimum absolute atomic E-state index is 0.144. The van der Waals surface area contributed by atoms with E-state index >= 15 is 0 Å². The summed E-state index contributed by atoms with van der Waals surface area (Å²) in [6.07, 6.45) is 9.50. The number of rotatable bonds is 9. The van der Waals surface area contributed by atoms with E-state index in [0.29, 0.717) is 22.3 Å². The largest absolute Gasteiger partial charge is 0.493 e. The minimum Gasteiger partial charge on any atom is -0.493 e. The summed E-state index contributed by atoms with van der Waals surface area (Å²) >= 11 is 13.6. The maximum absolute atomic E-state index is 12.1. The molecule has 0 aliphatic heterocycles. The molecule has 0 saturated carbocycles. The molecular weight excluding hydrogens is 479 g/mol. The van der Waals surface area contributed by atoms with E-state index in [1.807, 2.05) is 24.3 Å². The van der Waals surface area contributed by atoms with Crippen molar-refractivity contribution in [2.75, 3.05) is 12.4 Å². The maximum Gasteiger partial charge on any atom is 0.181 e. The number of allylic oxidation sites excluding steroid dienone is 2. The van der Waals surface area contributed by atoms with E-state index in [1.165, 1.54) is 18.5 Å². The predicted octanol–water partition coefficient (Wildman–Crippen LogP) is 6.13. The van der Waals surface area contributed by atoms with E-state index in [2.05, 4.69) is 19.9 Å². The Balaban J connectivity index is 1.24. The Kier molecular flexibility index (Phi) is 7.78. The number of halogens is 2. The highest BCUT2D eigenvalue weighted by atomic mass is 35.5. The van der Waals surface area contributed by atoms with Crippen molar-refractivity contribution in [2.45, 2.75) is 5.03 Å². The molecule has 4 rings (SSSR count). The molecule has 0 fully saturated rings. The third kappa shape index (κ3) is 6.44. The number of nitrogens with zero attached hydrogens (tertiary/aromatic N) is 3. The van der Waals surface area contributed by atoms with Gasteiger partial charge in [-0.05, 0) is 53.6 Å². The van der Waals surface area contributed by atoms with Crippen molar-refractivity contribution in [1.82, 2.24) is 19.9 Å². The number of benzene rings is 2. The van der Waals surface area contributed by atoms with Gasteiger partial charge in [-0.3, -0.25) is 4.79 Å². The molecule has 0 aliphatic carbocycles. The number of aromatic nitrogens is 4. The summed E-state index contributed by atoms with van der Waals surface area (Å²) in [4.78, 5) is 27.7. The van der Waals surface area contributed by atoms with Gasteiger partial charge in [-0.1, -0.05) is 47.5 Å². The number of hydrogen-bond donors (Lipinski definition) is 1. The normalized spacial score (nSPS) is 11.6. The quantitative estimate of drug-likeness (QED) is 0.130. The molecule has 0 bridgehead atoms. The van der Waals surface area contributed by atoms with Gasteiger partial charge >= 0.3 is 0 Å². The van der Waals surface area contributed by atoms with Gasteiger partial charge in [0, 0.05) is 15.8 Å². The van der Waals surface area contributed by atoms with Crippen molar-refractivity contribution in [2.24, 2.45) is 0 Å². The Labute approximate surface area is 204 Å². The second kappa shape index (κ2) is 11.1. The lowest BCUT2D eigenvalue weighted by Gasteiger charge is -2.06. The molecule has 2 heterocycles. The lowest BCUT2D eigenvalue weighted by atomic mass is 10.1. The number of nitrogens with one attached hydrogen (secondary N) is 1. The van der Waals surface area contributed by atoms with E-state index in [0.717, 1.165) is 33.2 Å². The zero-order chi connectivity index (χ0) is 23.0. The van der Waals surface area contributed by atoms with E-state index in [-0.39, 0.29) is 5.78 Å². The number of hydrogen-bond acceptors (Lipinski definition) is 6. The Morgan fingerprint density at radius 3 is 2.67 bits per heavy atom. The third-order valence-corrected chi connectivity index (χ3v) is 6.01. The highest BCUT2D eigenvalue weighted by Crippen LogP contribution is 2.23. The van der Waals surface area contributed by atoms with Crippen LogP contribution in [-0.4, -0.2) is 38.1 Å². The number of carbonyl (C=O) groups excluding carboxylic acids is 1. The molecule has 0 atom stereocenters. The average Bonchev–Trinajstić information content (AvgIpc) is 3.30.